The first kappa shape index (κ1) is 21.2. The molecule has 6 nitrogen and oxygen atoms in total. The SMILES string of the molecule is CN1CC(NC(=O)c2ccc3c(-c4ccccc4Cl)nn(-c4ccc(F)cc4)c3c2)CC1=O. The molecule has 33 heavy (non-hydrogen) atoms. The zero-order valence-corrected chi connectivity index (χ0v) is 18.5. The second-order valence-electron chi connectivity index (χ2n) is 8.10. The molecule has 1 aromatic heterocycles. The van der Waals surface area contributed by atoms with Crippen molar-refractivity contribution in [3.05, 3.63) is 83.1 Å². The number of likely N-dealkylation sites (N-methyl/N-ethyl adjacent to an activating group) is 1. The lowest BCUT2D eigenvalue weighted by Crippen LogP contribution is -2.36. The fraction of sp³-hybridized carbons (Fsp3) is 0.160. The number of benzene rings is 3. The zero-order valence-electron chi connectivity index (χ0n) is 17.8. The first-order chi connectivity index (χ1) is 15.9. The summed E-state index contributed by atoms with van der Waals surface area (Å²) >= 11 is 6.44. The van der Waals surface area contributed by atoms with E-state index in [1.807, 2.05) is 24.3 Å². The van der Waals surface area contributed by atoms with Gasteiger partial charge in [0.15, 0.2) is 0 Å². The van der Waals surface area contributed by atoms with Gasteiger partial charge in [-0.1, -0.05) is 29.8 Å². The molecule has 5 rings (SSSR count). The number of carbonyl (C=O) groups is 2. The first-order valence-corrected chi connectivity index (χ1v) is 10.9. The van der Waals surface area contributed by atoms with E-state index in [4.69, 9.17) is 16.7 Å². The molecule has 0 bridgehead atoms. The van der Waals surface area contributed by atoms with E-state index < -0.39 is 0 Å². The van der Waals surface area contributed by atoms with Crippen molar-refractivity contribution < 1.29 is 14.0 Å². The topological polar surface area (TPSA) is 67.2 Å². The highest BCUT2D eigenvalue weighted by atomic mass is 35.5. The van der Waals surface area contributed by atoms with Crippen molar-refractivity contribution in [3.63, 3.8) is 0 Å². The third-order valence-corrected chi connectivity index (χ3v) is 6.15. The Morgan fingerprint density at radius 1 is 1.12 bits per heavy atom. The minimum atomic E-state index is -0.349. The summed E-state index contributed by atoms with van der Waals surface area (Å²) in [5, 5.41) is 9.06. The zero-order chi connectivity index (χ0) is 23.1. The van der Waals surface area contributed by atoms with Crippen molar-refractivity contribution >= 4 is 34.3 Å². The molecular formula is C25H20ClFN4O2. The first-order valence-electron chi connectivity index (χ1n) is 10.5. The van der Waals surface area contributed by atoms with Gasteiger partial charge in [0.05, 0.1) is 22.3 Å². The molecule has 2 amide bonds. The molecule has 1 fully saturated rings. The van der Waals surface area contributed by atoms with E-state index in [1.165, 1.54) is 12.1 Å². The molecule has 0 saturated carbocycles. The smallest absolute Gasteiger partial charge is 0.251 e. The summed E-state index contributed by atoms with van der Waals surface area (Å²) in [5.41, 5.74) is 3.20. The van der Waals surface area contributed by atoms with Crippen LogP contribution in [-0.2, 0) is 4.79 Å². The van der Waals surface area contributed by atoms with Crippen molar-refractivity contribution in [2.24, 2.45) is 0 Å². The molecule has 2 heterocycles. The third-order valence-electron chi connectivity index (χ3n) is 5.82. The minimum absolute atomic E-state index is 0.00881. The largest absolute Gasteiger partial charge is 0.347 e. The molecule has 1 aliphatic heterocycles. The van der Waals surface area contributed by atoms with Crippen molar-refractivity contribution in [2.75, 3.05) is 13.6 Å². The van der Waals surface area contributed by atoms with Gasteiger partial charge in [-0.25, -0.2) is 9.07 Å². The molecule has 0 aliphatic carbocycles. The Morgan fingerprint density at radius 2 is 1.88 bits per heavy atom. The third kappa shape index (κ3) is 3.96. The second kappa shape index (κ2) is 8.33. The lowest BCUT2D eigenvalue weighted by molar-refractivity contribution is -0.126. The van der Waals surface area contributed by atoms with Crippen molar-refractivity contribution in [3.8, 4) is 16.9 Å². The van der Waals surface area contributed by atoms with Crippen molar-refractivity contribution in [1.82, 2.24) is 20.0 Å². The highest BCUT2D eigenvalue weighted by molar-refractivity contribution is 6.33. The van der Waals surface area contributed by atoms with Crippen LogP contribution in [0.3, 0.4) is 0 Å². The fourth-order valence-corrected chi connectivity index (χ4v) is 4.34. The van der Waals surface area contributed by atoms with Crippen LogP contribution in [0.15, 0.2) is 66.7 Å². The van der Waals surface area contributed by atoms with Gasteiger partial charge in [-0.05, 0) is 48.5 Å². The molecule has 8 heteroatoms. The number of amides is 2. The standard InChI is InChI=1S/C25H20ClFN4O2/c1-30-14-17(13-23(30)32)28-25(33)15-6-11-20-22(12-15)31(18-9-7-16(27)8-10-18)29-24(20)19-4-2-3-5-21(19)26/h2-12,17H,13-14H2,1H3,(H,28,33). The lowest BCUT2D eigenvalue weighted by Gasteiger charge is -2.12. The summed E-state index contributed by atoms with van der Waals surface area (Å²) in [6.45, 7) is 0.483. The molecule has 166 valence electrons. The molecule has 1 aliphatic rings. The highest BCUT2D eigenvalue weighted by Crippen LogP contribution is 2.34. The Bertz CT molecular complexity index is 1380. The second-order valence-corrected chi connectivity index (χ2v) is 8.50. The molecule has 0 spiro atoms. The van der Waals surface area contributed by atoms with Gasteiger partial charge < -0.3 is 10.2 Å². The van der Waals surface area contributed by atoms with Crippen LogP contribution in [0.1, 0.15) is 16.8 Å². The van der Waals surface area contributed by atoms with E-state index >= 15 is 0 Å². The monoisotopic (exact) mass is 462 g/mol. The van der Waals surface area contributed by atoms with E-state index in [1.54, 1.807) is 47.0 Å². The Morgan fingerprint density at radius 3 is 2.58 bits per heavy atom. The van der Waals surface area contributed by atoms with E-state index in [2.05, 4.69) is 5.32 Å². The lowest BCUT2D eigenvalue weighted by atomic mass is 10.1. The van der Waals surface area contributed by atoms with Gasteiger partial charge in [-0.2, -0.15) is 5.10 Å². The number of nitrogens with zero attached hydrogens (tertiary/aromatic N) is 3. The number of aromatic nitrogens is 2. The van der Waals surface area contributed by atoms with E-state index in [0.717, 1.165) is 10.9 Å². The van der Waals surface area contributed by atoms with Crippen LogP contribution in [-0.4, -0.2) is 46.1 Å². The predicted molar refractivity (Wildman–Crippen MR) is 125 cm³/mol. The molecule has 1 saturated heterocycles. The summed E-state index contributed by atoms with van der Waals surface area (Å²) in [6.07, 6.45) is 0.286. The van der Waals surface area contributed by atoms with Gasteiger partial charge in [0.2, 0.25) is 5.91 Å². The van der Waals surface area contributed by atoms with Gasteiger partial charge in [0, 0.05) is 36.5 Å². The Hall–Kier alpha value is -3.71. The van der Waals surface area contributed by atoms with Gasteiger partial charge in [0.1, 0.15) is 11.5 Å². The number of halogens is 2. The number of rotatable bonds is 4. The number of hydrogen-bond donors (Lipinski definition) is 1. The van der Waals surface area contributed by atoms with Crippen LogP contribution in [0, 0.1) is 5.82 Å². The van der Waals surface area contributed by atoms with Crippen LogP contribution in [0.4, 0.5) is 4.39 Å². The van der Waals surface area contributed by atoms with Gasteiger partial charge >= 0.3 is 0 Å². The van der Waals surface area contributed by atoms with Crippen molar-refractivity contribution in [2.45, 2.75) is 12.5 Å². The van der Waals surface area contributed by atoms with Crippen molar-refractivity contribution in [1.29, 1.82) is 0 Å². The number of hydrogen-bond acceptors (Lipinski definition) is 3. The average molecular weight is 463 g/mol. The van der Waals surface area contributed by atoms with Gasteiger partial charge in [0.25, 0.3) is 5.91 Å². The molecule has 1 atom stereocenters. The normalized spacial score (nSPS) is 15.9. The quantitative estimate of drug-likeness (QED) is 0.487. The summed E-state index contributed by atoms with van der Waals surface area (Å²) in [4.78, 5) is 26.3. The summed E-state index contributed by atoms with van der Waals surface area (Å²) in [6, 6.07) is 18.5. The van der Waals surface area contributed by atoms with Crippen LogP contribution < -0.4 is 5.32 Å². The Balaban J connectivity index is 1.60. The van der Waals surface area contributed by atoms with E-state index in [0.29, 0.717) is 34.0 Å². The minimum Gasteiger partial charge on any atom is -0.347 e. The van der Waals surface area contributed by atoms with Crippen LogP contribution in [0.2, 0.25) is 5.02 Å². The average Bonchev–Trinajstić information content (AvgIpc) is 3.33. The summed E-state index contributed by atoms with van der Waals surface area (Å²) in [7, 11) is 1.72. The van der Waals surface area contributed by atoms with Crippen LogP contribution in [0.5, 0.6) is 0 Å². The summed E-state index contributed by atoms with van der Waals surface area (Å²) < 4.78 is 15.2. The summed E-state index contributed by atoms with van der Waals surface area (Å²) in [5.74, 6) is -0.608. The molecule has 3 aromatic carbocycles. The molecule has 1 unspecified atom stereocenters. The van der Waals surface area contributed by atoms with Gasteiger partial charge in [-0.3, -0.25) is 9.59 Å². The Kier molecular flexibility index (Phi) is 5.34. The number of likely N-dealkylation sites (tertiary alicyclic amines) is 1. The maximum absolute atomic E-state index is 13.5. The van der Waals surface area contributed by atoms with Crippen LogP contribution in [0.25, 0.3) is 27.8 Å². The van der Waals surface area contributed by atoms with Gasteiger partial charge in [-0.15, -0.1) is 0 Å². The number of nitrogens with one attached hydrogen (secondary N) is 1. The van der Waals surface area contributed by atoms with E-state index in [-0.39, 0.29) is 30.1 Å². The predicted octanol–water partition coefficient (Wildman–Crippen LogP) is 4.45. The maximum Gasteiger partial charge on any atom is 0.251 e. The molecule has 0 radical (unpaired) electrons. The fourth-order valence-electron chi connectivity index (χ4n) is 4.12. The van der Waals surface area contributed by atoms with E-state index in [9.17, 15) is 14.0 Å². The molecule has 4 aromatic rings. The van der Waals surface area contributed by atoms with Crippen LogP contribution >= 0.6 is 11.6 Å². The maximum atomic E-state index is 13.5. The molecular weight excluding hydrogens is 443 g/mol. The number of carbonyl (C=O) groups excluding carboxylic acids is 2. The highest BCUT2D eigenvalue weighted by Gasteiger charge is 2.28. The molecule has 1 N–H and O–H groups in total. The Labute approximate surface area is 194 Å². The number of fused-ring (bicyclic) bond motifs is 1.